The van der Waals surface area contributed by atoms with E-state index in [1.165, 1.54) is 35.7 Å². The van der Waals surface area contributed by atoms with E-state index in [0.717, 1.165) is 30.6 Å². The molecule has 9 heteroatoms. The van der Waals surface area contributed by atoms with Gasteiger partial charge in [0.25, 0.3) is 0 Å². The smallest absolute Gasteiger partial charge is 0.335 e. The summed E-state index contributed by atoms with van der Waals surface area (Å²) in [6.45, 7) is 0.464. The molecule has 0 saturated carbocycles. The Morgan fingerprint density at radius 2 is 1.73 bits per heavy atom. The molecule has 1 unspecified atom stereocenters. The van der Waals surface area contributed by atoms with Crippen LogP contribution in [0, 0.1) is 5.92 Å². The van der Waals surface area contributed by atoms with Crippen molar-refractivity contribution in [3.05, 3.63) is 65.4 Å². The van der Waals surface area contributed by atoms with Gasteiger partial charge in [0.1, 0.15) is 0 Å². The molecule has 0 aromatic heterocycles. The summed E-state index contributed by atoms with van der Waals surface area (Å²) in [6.07, 6.45) is 4.31. The van der Waals surface area contributed by atoms with Crippen LogP contribution >= 0.6 is 0 Å². The van der Waals surface area contributed by atoms with Gasteiger partial charge in [-0.25, -0.2) is 13.2 Å². The average molecular weight is 476 g/mol. The lowest BCUT2D eigenvalue weighted by Crippen LogP contribution is -2.35. The van der Waals surface area contributed by atoms with Crippen molar-refractivity contribution in [2.75, 3.05) is 27.9 Å². The van der Waals surface area contributed by atoms with Crippen molar-refractivity contribution in [1.29, 1.82) is 0 Å². The molecule has 0 aliphatic heterocycles. The van der Waals surface area contributed by atoms with Crippen LogP contribution in [0.1, 0.15) is 35.2 Å². The summed E-state index contributed by atoms with van der Waals surface area (Å²) in [5.74, 6) is 1.03. The highest BCUT2D eigenvalue weighted by molar-refractivity contribution is 7.89. The Labute approximate surface area is 194 Å². The van der Waals surface area contributed by atoms with Gasteiger partial charge in [0, 0.05) is 19.5 Å². The Hall–Kier alpha value is -3.04. The molecule has 1 aliphatic rings. The highest BCUT2D eigenvalue weighted by Gasteiger charge is 2.29. The second-order valence-corrected chi connectivity index (χ2v) is 9.77. The third kappa shape index (κ3) is 5.85. The number of carboxylic acid groups (broad SMARTS) is 1. The van der Waals surface area contributed by atoms with E-state index >= 15 is 0 Å². The predicted molar refractivity (Wildman–Crippen MR) is 123 cm³/mol. The molecule has 1 aliphatic carbocycles. The number of sulfonamides is 1. The lowest BCUT2D eigenvalue weighted by Gasteiger charge is -2.29. The SMILES string of the molecule is COC1=CCC(CN(Cc2ccc(OC)c(OC)c2)S(=O)(=O)c2ccc(C(=O)O)cc2)CC1. The van der Waals surface area contributed by atoms with Crippen molar-refractivity contribution < 1.29 is 32.5 Å². The van der Waals surface area contributed by atoms with Crippen molar-refractivity contribution in [2.45, 2.75) is 30.7 Å². The molecule has 0 heterocycles. The highest BCUT2D eigenvalue weighted by Crippen LogP contribution is 2.31. The molecule has 0 radical (unpaired) electrons. The number of carboxylic acids is 1. The molecule has 2 aromatic rings. The van der Waals surface area contributed by atoms with E-state index in [0.29, 0.717) is 18.0 Å². The van der Waals surface area contributed by atoms with Crippen LogP contribution in [0.3, 0.4) is 0 Å². The van der Waals surface area contributed by atoms with Gasteiger partial charge in [-0.15, -0.1) is 0 Å². The minimum absolute atomic E-state index is 0.0323. The van der Waals surface area contributed by atoms with Crippen LogP contribution in [0.2, 0.25) is 0 Å². The van der Waals surface area contributed by atoms with E-state index in [9.17, 15) is 13.2 Å². The van der Waals surface area contributed by atoms with Crippen molar-refractivity contribution in [2.24, 2.45) is 5.92 Å². The fourth-order valence-corrected chi connectivity index (χ4v) is 5.36. The summed E-state index contributed by atoms with van der Waals surface area (Å²) >= 11 is 0. The maximum Gasteiger partial charge on any atom is 0.335 e. The first kappa shape index (κ1) is 24.6. The van der Waals surface area contributed by atoms with Gasteiger partial charge >= 0.3 is 5.97 Å². The molecular formula is C24H29NO7S. The number of carbonyl (C=O) groups is 1. The zero-order valence-electron chi connectivity index (χ0n) is 19.0. The number of nitrogens with zero attached hydrogens (tertiary/aromatic N) is 1. The normalized spacial score (nSPS) is 16.2. The van der Waals surface area contributed by atoms with Gasteiger partial charge in [-0.05, 0) is 66.8 Å². The number of hydrogen-bond acceptors (Lipinski definition) is 6. The van der Waals surface area contributed by atoms with Gasteiger partial charge in [0.2, 0.25) is 10.0 Å². The summed E-state index contributed by atoms with van der Waals surface area (Å²) < 4.78 is 44.5. The Balaban J connectivity index is 1.92. The molecule has 0 fully saturated rings. The van der Waals surface area contributed by atoms with Crippen molar-refractivity contribution >= 4 is 16.0 Å². The summed E-state index contributed by atoms with van der Waals surface area (Å²) in [5.41, 5.74) is 0.784. The second-order valence-electron chi connectivity index (χ2n) is 7.83. The molecular weight excluding hydrogens is 446 g/mol. The van der Waals surface area contributed by atoms with E-state index in [1.807, 2.05) is 6.08 Å². The van der Waals surface area contributed by atoms with Crippen LogP contribution in [0.5, 0.6) is 11.5 Å². The maximum atomic E-state index is 13.6. The average Bonchev–Trinajstić information content (AvgIpc) is 2.84. The number of rotatable bonds is 10. The highest BCUT2D eigenvalue weighted by atomic mass is 32.2. The Morgan fingerprint density at radius 1 is 1.03 bits per heavy atom. The zero-order chi connectivity index (χ0) is 24.0. The van der Waals surface area contributed by atoms with Gasteiger partial charge in [-0.2, -0.15) is 4.31 Å². The molecule has 0 spiro atoms. The number of hydrogen-bond donors (Lipinski definition) is 1. The van der Waals surface area contributed by atoms with Gasteiger partial charge in [-0.3, -0.25) is 0 Å². The predicted octanol–water partition coefficient (Wildman–Crippen LogP) is 3.92. The Kier molecular flexibility index (Phi) is 7.99. The summed E-state index contributed by atoms with van der Waals surface area (Å²) in [5, 5.41) is 9.14. The van der Waals surface area contributed by atoms with Crippen LogP contribution in [0.25, 0.3) is 0 Å². The van der Waals surface area contributed by atoms with Crippen molar-refractivity contribution in [3.63, 3.8) is 0 Å². The largest absolute Gasteiger partial charge is 0.501 e. The fraction of sp³-hybridized carbons (Fsp3) is 0.375. The van der Waals surface area contributed by atoms with Gasteiger partial charge in [0.15, 0.2) is 11.5 Å². The number of benzene rings is 2. The van der Waals surface area contributed by atoms with Crippen LogP contribution in [0.15, 0.2) is 59.2 Å². The van der Waals surface area contributed by atoms with Gasteiger partial charge in [-0.1, -0.05) is 6.07 Å². The van der Waals surface area contributed by atoms with Crippen LogP contribution in [-0.2, 0) is 21.3 Å². The molecule has 33 heavy (non-hydrogen) atoms. The molecule has 178 valence electrons. The summed E-state index contributed by atoms with van der Waals surface area (Å²) in [6, 6.07) is 10.6. The van der Waals surface area contributed by atoms with Crippen molar-refractivity contribution in [1.82, 2.24) is 4.31 Å². The quantitative estimate of drug-likeness (QED) is 0.556. The van der Waals surface area contributed by atoms with E-state index in [4.69, 9.17) is 19.3 Å². The zero-order valence-corrected chi connectivity index (χ0v) is 19.8. The monoisotopic (exact) mass is 475 g/mol. The van der Waals surface area contributed by atoms with Crippen LogP contribution < -0.4 is 9.47 Å². The minimum atomic E-state index is -3.88. The van der Waals surface area contributed by atoms with E-state index in [2.05, 4.69) is 0 Å². The molecule has 0 bridgehead atoms. The molecule has 2 aromatic carbocycles. The summed E-state index contributed by atoms with van der Waals surface area (Å²) in [4.78, 5) is 11.2. The lowest BCUT2D eigenvalue weighted by atomic mass is 9.93. The number of aromatic carboxylic acids is 1. The third-order valence-corrected chi connectivity index (χ3v) is 7.57. The Morgan fingerprint density at radius 3 is 2.27 bits per heavy atom. The maximum absolute atomic E-state index is 13.6. The Bertz CT molecular complexity index is 1110. The first-order valence-corrected chi connectivity index (χ1v) is 12.0. The number of allylic oxidation sites excluding steroid dienone is 2. The van der Waals surface area contributed by atoms with E-state index in [-0.39, 0.29) is 22.9 Å². The van der Waals surface area contributed by atoms with Crippen LogP contribution in [-0.4, -0.2) is 51.7 Å². The van der Waals surface area contributed by atoms with Gasteiger partial charge < -0.3 is 19.3 Å². The molecule has 0 saturated heterocycles. The van der Waals surface area contributed by atoms with E-state index < -0.39 is 16.0 Å². The molecule has 8 nitrogen and oxygen atoms in total. The van der Waals surface area contributed by atoms with Crippen LogP contribution in [0.4, 0.5) is 0 Å². The van der Waals surface area contributed by atoms with E-state index in [1.54, 1.807) is 32.4 Å². The number of methoxy groups -OCH3 is 3. The molecule has 1 atom stereocenters. The summed E-state index contributed by atoms with van der Waals surface area (Å²) in [7, 11) is 0.832. The second kappa shape index (κ2) is 10.7. The first-order chi connectivity index (χ1) is 15.8. The van der Waals surface area contributed by atoms with Gasteiger partial charge in [0.05, 0.1) is 37.5 Å². The fourth-order valence-electron chi connectivity index (χ4n) is 3.85. The van der Waals surface area contributed by atoms with Crippen molar-refractivity contribution in [3.8, 4) is 11.5 Å². The molecule has 3 rings (SSSR count). The molecule has 1 N–H and O–H groups in total. The lowest BCUT2D eigenvalue weighted by molar-refractivity contribution is 0.0696. The minimum Gasteiger partial charge on any atom is -0.501 e. The molecule has 0 amide bonds. The first-order valence-electron chi connectivity index (χ1n) is 10.6. The standard InChI is InChI=1S/C24H29NO7S/c1-30-20-9-4-17(5-10-20)15-25(16-18-6-13-22(31-2)23(14-18)32-3)33(28,29)21-11-7-19(8-12-21)24(26)27/h6-9,11-14,17H,4-5,10,15-16H2,1-3H3,(H,26,27). The topological polar surface area (TPSA) is 102 Å². The third-order valence-electron chi connectivity index (χ3n) is 5.75. The number of ether oxygens (including phenoxy) is 3.